The van der Waals surface area contributed by atoms with Gasteiger partial charge < -0.3 is 10.0 Å². The van der Waals surface area contributed by atoms with E-state index in [2.05, 4.69) is 10.2 Å². The van der Waals surface area contributed by atoms with Gasteiger partial charge in [0, 0.05) is 29.1 Å². The lowest BCUT2D eigenvalue weighted by atomic mass is 9.68. The van der Waals surface area contributed by atoms with E-state index in [4.69, 9.17) is 11.6 Å². The average Bonchev–Trinajstić information content (AvgIpc) is 3.07. The van der Waals surface area contributed by atoms with Crippen LogP contribution < -0.4 is 0 Å². The van der Waals surface area contributed by atoms with Crippen molar-refractivity contribution in [2.75, 3.05) is 13.1 Å². The van der Waals surface area contributed by atoms with E-state index >= 15 is 0 Å². The summed E-state index contributed by atoms with van der Waals surface area (Å²) in [4.78, 5) is 13.1. The highest BCUT2D eigenvalue weighted by molar-refractivity contribution is 6.31. The molecule has 2 heterocycles. The van der Waals surface area contributed by atoms with Crippen LogP contribution in [0.1, 0.15) is 44.8 Å². The van der Waals surface area contributed by atoms with Crippen LogP contribution in [0.2, 0.25) is 5.02 Å². The number of hydrogen-bond donors (Lipinski definition) is 2. The lowest BCUT2D eigenvalue weighted by Gasteiger charge is -2.43. The lowest BCUT2D eigenvalue weighted by Crippen LogP contribution is -2.44. The SMILES string of the molecule is CC(C)(C1CCN(C(=O)CC(F)(F)F)CC1)C(O)c1cc(Cl)cc2cn[nH]c12. The van der Waals surface area contributed by atoms with Crippen molar-refractivity contribution in [1.82, 2.24) is 15.1 Å². The summed E-state index contributed by atoms with van der Waals surface area (Å²) in [6.45, 7) is 4.37. The van der Waals surface area contributed by atoms with Crippen molar-refractivity contribution in [1.29, 1.82) is 0 Å². The first-order valence-electron chi connectivity index (χ1n) is 9.14. The molecule has 1 saturated heterocycles. The van der Waals surface area contributed by atoms with Gasteiger partial charge in [0.2, 0.25) is 5.91 Å². The number of carbonyl (C=O) groups is 1. The summed E-state index contributed by atoms with van der Waals surface area (Å²) in [7, 11) is 0. The number of carbonyl (C=O) groups excluding carboxylic acids is 1. The number of piperidine rings is 1. The molecule has 1 aromatic carbocycles. The molecule has 0 aliphatic carbocycles. The van der Waals surface area contributed by atoms with Crippen molar-refractivity contribution < 1.29 is 23.1 Å². The normalized spacial score (nSPS) is 17.9. The lowest BCUT2D eigenvalue weighted by molar-refractivity contribution is -0.163. The number of amides is 1. The molecule has 0 saturated carbocycles. The van der Waals surface area contributed by atoms with Crippen molar-refractivity contribution in [3.63, 3.8) is 0 Å². The minimum absolute atomic E-state index is 0.0365. The van der Waals surface area contributed by atoms with E-state index in [1.54, 1.807) is 18.3 Å². The van der Waals surface area contributed by atoms with Gasteiger partial charge in [-0.15, -0.1) is 0 Å². The molecule has 1 unspecified atom stereocenters. The van der Waals surface area contributed by atoms with Crippen LogP contribution >= 0.6 is 11.6 Å². The fraction of sp³-hybridized carbons (Fsp3) is 0.579. The number of aromatic nitrogens is 2. The Bertz CT molecular complexity index is 858. The highest BCUT2D eigenvalue weighted by atomic mass is 35.5. The molecule has 154 valence electrons. The molecule has 2 N–H and O–H groups in total. The van der Waals surface area contributed by atoms with E-state index in [1.165, 1.54) is 4.90 Å². The number of halogens is 4. The highest BCUT2D eigenvalue weighted by Gasteiger charge is 2.41. The predicted molar refractivity (Wildman–Crippen MR) is 99.8 cm³/mol. The molecule has 2 aromatic rings. The second kappa shape index (κ2) is 7.55. The molecule has 1 atom stereocenters. The number of nitrogens with one attached hydrogen (secondary N) is 1. The molecule has 0 spiro atoms. The maximum atomic E-state index is 12.5. The number of aliphatic hydroxyl groups excluding tert-OH is 1. The Kier molecular flexibility index (Phi) is 5.64. The van der Waals surface area contributed by atoms with Crippen LogP contribution in [-0.4, -0.2) is 45.4 Å². The largest absolute Gasteiger partial charge is 0.397 e. The molecule has 1 aliphatic rings. The zero-order valence-corrected chi connectivity index (χ0v) is 16.4. The van der Waals surface area contributed by atoms with Gasteiger partial charge >= 0.3 is 6.18 Å². The summed E-state index contributed by atoms with van der Waals surface area (Å²) >= 11 is 6.18. The van der Waals surface area contributed by atoms with E-state index < -0.39 is 30.0 Å². The zero-order chi connectivity index (χ0) is 20.7. The van der Waals surface area contributed by atoms with Crippen molar-refractivity contribution in [3.05, 3.63) is 28.9 Å². The molecule has 5 nitrogen and oxygen atoms in total. The number of aliphatic hydroxyl groups is 1. The van der Waals surface area contributed by atoms with Crippen molar-refractivity contribution in [2.24, 2.45) is 11.3 Å². The van der Waals surface area contributed by atoms with Crippen molar-refractivity contribution >= 4 is 28.4 Å². The number of likely N-dealkylation sites (tertiary alicyclic amines) is 1. The first-order valence-corrected chi connectivity index (χ1v) is 9.52. The van der Waals surface area contributed by atoms with Gasteiger partial charge in [-0.2, -0.15) is 18.3 Å². The highest BCUT2D eigenvalue weighted by Crippen LogP contribution is 2.46. The van der Waals surface area contributed by atoms with Crippen LogP contribution in [0.15, 0.2) is 18.3 Å². The Labute approximate surface area is 165 Å². The summed E-state index contributed by atoms with van der Waals surface area (Å²) in [5.41, 5.74) is 0.783. The van der Waals surface area contributed by atoms with Gasteiger partial charge in [0.1, 0.15) is 6.42 Å². The number of benzene rings is 1. The predicted octanol–water partition coefficient (Wildman–Crippen LogP) is 4.47. The van der Waals surface area contributed by atoms with Crippen LogP contribution in [0.5, 0.6) is 0 Å². The molecule has 1 amide bonds. The first kappa shape index (κ1) is 20.9. The third kappa shape index (κ3) is 4.27. The van der Waals surface area contributed by atoms with Crippen LogP contribution in [0.3, 0.4) is 0 Å². The number of H-pyrrole nitrogens is 1. The third-order valence-electron chi connectivity index (χ3n) is 5.79. The Morgan fingerprint density at radius 3 is 2.61 bits per heavy atom. The zero-order valence-electron chi connectivity index (χ0n) is 15.7. The standard InChI is InChI=1S/C19H23ClF3N3O2/c1-18(2,12-3-5-26(6-4-12)15(27)9-19(21,22)23)17(28)14-8-13(20)7-11-10-24-25-16(11)14/h7-8,10,12,17,28H,3-6,9H2,1-2H3,(H,24,25). The van der Waals surface area contributed by atoms with Gasteiger partial charge in [0.25, 0.3) is 0 Å². The van der Waals surface area contributed by atoms with Gasteiger partial charge in [-0.1, -0.05) is 25.4 Å². The molecule has 28 heavy (non-hydrogen) atoms. The molecule has 0 bridgehead atoms. The number of nitrogens with zero attached hydrogens (tertiary/aromatic N) is 2. The van der Waals surface area contributed by atoms with Crippen molar-refractivity contribution in [2.45, 2.75) is 45.4 Å². The molecule has 1 fully saturated rings. The Morgan fingerprint density at radius 1 is 1.36 bits per heavy atom. The minimum Gasteiger partial charge on any atom is -0.388 e. The Balaban J connectivity index is 1.73. The molecule has 0 radical (unpaired) electrons. The van der Waals surface area contributed by atoms with Gasteiger partial charge in [0.05, 0.1) is 17.8 Å². The van der Waals surface area contributed by atoms with Gasteiger partial charge in [-0.05, 0) is 36.3 Å². The van der Waals surface area contributed by atoms with E-state index in [0.29, 0.717) is 28.9 Å². The molecule has 1 aliphatic heterocycles. The van der Waals surface area contributed by atoms with Gasteiger partial charge in [-0.25, -0.2) is 0 Å². The third-order valence-corrected chi connectivity index (χ3v) is 6.01. The fourth-order valence-electron chi connectivity index (χ4n) is 4.04. The second-order valence-corrected chi connectivity index (χ2v) is 8.44. The number of rotatable bonds is 4. The quantitative estimate of drug-likeness (QED) is 0.771. The van der Waals surface area contributed by atoms with Crippen LogP contribution in [0.4, 0.5) is 13.2 Å². The van der Waals surface area contributed by atoms with E-state index in [0.717, 1.165) is 5.39 Å². The van der Waals surface area contributed by atoms with Crippen molar-refractivity contribution in [3.8, 4) is 0 Å². The molecule has 3 rings (SSSR count). The van der Waals surface area contributed by atoms with E-state index in [-0.39, 0.29) is 19.0 Å². The smallest absolute Gasteiger partial charge is 0.388 e. The molecular formula is C19H23ClF3N3O2. The monoisotopic (exact) mass is 417 g/mol. The fourth-order valence-corrected chi connectivity index (χ4v) is 4.28. The number of aromatic amines is 1. The summed E-state index contributed by atoms with van der Waals surface area (Å²) in [6.07, 6.45) is -4.08. The number of alkyl halides is 3. The Hall–Kier alpha value is -1.80. The Morgan fingerprint density at radius 2 is 2.00 bits per heavy atom. The number of fused-ring (bicyclic) bond motifs is 1. The van der Waals surface area contributed by atoms with E-state index in [1.807, 2.05) is 13.8 Å². The topological polar surface area (TPSA) is 69.2 Å². The summed E-state index contributed by atoms with van der Waals surface area (Å²) in [5.74, 6) is -0.854. The summed E-state index contributed by atoms with van der Waals surface area (Å²) in [6, 6.07) is 3.46. The van der Waals surface area contributed by atoms with Gasteiger partial charge in [-0.3, -0.25) is 9.89 Å². The average molecular weight is 418 g/mol. The molecule has 1 aromatic heterocycles. The van der Waals surface area contributed by atoms with Crippen LogP contribution in [-0.2, 0) is 4.79 Å². The summed E-state index contributed by atoms with van der Waals surface area (Å²) < 4.78 is 37.4. The minimum atomic E-state index is -4.49. The maximum absolute atomic E-state index is 12.5. The maximum Gasteiger partial charge on any atom is 0.397 e. The summed E-state index contributed by atoms with van der Waals surface area (Å²) in [5, 5.41) is 19.3. The van der Waals surface area contributed by atoms with E-state index in [9.17, 15) is 23.1 Å². The van der Waals surface area contributed by atoms with Crippen LogP contribution in [0.25, 0.3) is 10.9 Å². The van der Waals surface area contributed by atoms with Gasteiger partial charge in [0.15, 0.2) is 0 Å². The number of hydrogen-bond acceptors (Lipinski definition) is 3. The molecule has 9 heteroatoms. The molecular weight excluding hydrogens is 395 g/mol. The first-order chi connectivity index (χ1) is 13.0. The second-order valence-electron chi connectivity index (χ2n) is 8.00. The van der Waals surface area contributed by atoms with Crippen LogP contribution in [0, 0.1) is 11.3 Å².